The number of nitrogens with zero attached hydrogens (tertiary/aromatic N) is 1. The third-order valence-electron chi connectivity index (χ3n) is 3.39. The van der Waals surface area contributed by atoms with Crippen LogP contribution in [-0.2, 0) is 16.0 Å². The van der Waals surface area contributed by atoms with Gasteiger partial charge in [0, 0.05) is 6.42 Å². The predicted octanol–water partition coefficient (Wildman–Crippen LogP) is 3.00. The van der Waals surface area contributed by atoms with E-state index in [4.69, 9.17) is 10.00 Å². The van der Waals surface area contributed by atoms with Crippen molar-refractivity contribution in [1.29, 1.82) is 5.26 Å². The normalized spacial score (nSPS) is 21.7. The topological polar surface area (TPSA) is 50.1 Å². The van der Waals surface area contributed by atoms with Gasteiger partial charge in [0.1, 0.15) is 6.10 Å². The van der Waals surface area contributed by atoms with E-state index in [1.807, 2.05) is 0 Å². The quantitative estimate of drug-likeness (QED) is 0.616. The van der Waals surface area contributed by atoms with E-state index >= 15 is 0 Å². The first-order chi connectivity index (χ1) is 9.19. The van der Waals surface area contributed by atoms with Crippen molar-refractivity contribution in [3.05, 3.63) is 47.5 Å². The molecule has 1 aromatic rings. The highest BCUT2D eigenvalue weighted by Gasteiger charge is 2.22. The van der Waals surface area contributed by atoms with E-state index in [0.717, 1.165) is 18.4 Å². The van der Waals surface area contributed by atoms with E-state index in [0.29, 0.717) is 11.5 Å². The Hall–Kier alpha value is -2.08. The second-order valence-electron chi connectivity index (χ2n) is 4.93. The van der Waals surface area contributed by atoms with Crippen LogP contribution in [0.3, 0.4) is 0 Å². The second kappa shape index (κ2) is 6.19. The number of benzene rings is 1. The summed E-state index contributed by atoms with van der Waals surface area (Å²) in [7, 11) is 0. The van der Waals surface area contributed by atoms with E-state index in [1.54, 1.807) is 24.3 Å². The summed E-state index contributed by atoms with van der Waals surface area (Å²) in [4.78, 5) is 11.9. The average molecular weight is 255 g/mol. The molecular weight excluding hydrogens is 238 g/mol. The van der Waals surface area contributed by atoms with E-state index in [1.165, 1.54) is 0 Å². The number of carbonyl (C=O) groups is 1. The van der Waals surface area contributed by atoms with Gasteiger partial charge >= 0.3 is 5.97 Å². The fourth-order valence-electron chi connectivity index (χ4n) is 2.16. The van der Waals surface area contributed by atoms with Gasteiger partial charge < -0.3 is 4.74 Å². The van der Waals surface area contributed by atoms with Crippen molar-refractivity contribution in [3.8, 4) is 6.07 Å². The van der Waals surface area contributed by atoms with E-state index in [-0.39, 0.29) is 18.5 Å². The molecular formula is C16H17NO2. The Labute approximate surface area is 113 Å². The molecule has 2 rings (SSSR count). The standard InChI is InChI=1S/C16H17NO2/c1-12-4-2-3-5-15(12)19-16(18)10-13-6-8-14(11-17)9-7-13/h2-3,6-9,12,15H,4-5,10H2,1H3. The first-order valence-electron chi connectivity index (χ1n) is 6.52. The molecule has 0 amide bonds. The Bertz CT molecular complexity index is 511. The Morgan fingerprint density at radius 1 is 1.32 bits per heavy atom. The second-order valence-corrected chi connectivity index (χ2v) is 4.93. The molecule has 19 heavy (non-hydrogen) atoms. The van der Waals surface area contributed by atoms with Crippen LogP contribution < -0.4 is 0 Å². The molecule has 1 aliphatic rings. The Balaban J connectivity index is 1.90. The van der Waals surface area contributed by atoms with Gasteiger partial charge in [-0.15, -0.1) is 0 Å². The molecule has 0 spiro atoms. The third kappa shape index (κ3) is 3.69. The number of hydrogen-bond donors (Lipinski definition) is 0. The summed E-state index contributed by atoms with van der Waals surface area (Å²) in [6, 6.07) is 9.08. The number of nitriles is 1. The number of rotatable bonds is 3. The lowest BCUT2D eigenvalue weighted by Crippen LogP contribution is -2.27. The molecule has 0 bridgehead atoms. The molecule has 2 unspecified atom stereocenters. The van der Waals surface area contributed by atoms with Gasteiger partial charge in [-0.25, -0.2) is 0 Å². The number of hydrogen-bond acceptors (Lipinski definition) is 3. The maximum Gasteiger partial charge on any atom is 0.310 e. The van der Waals surface area contributed by atoms with Crippen molar-refractivity contribution in [2.45, 2.75) is 32.3 Å². The minimum atomic E-state index is -0.197. The predicted molar refractivity (Wildman–Crippen MR) is 72.3 cm³/mol. The summed E-state index contributed by atoms with van der Waals surface area (Å²) in [5, 5.41) is 8.71. The van der Waals surface area contributed by atoms with Gasteiger partial charge in [0.05, 0.1) is 18.1 Å². The van der Waals surface area contributed by atoms with Crippen LogP contribution in [0.15, 0.2) is 36.4 Å². The van der Waals surface area contributed by atoms with Crippen LogP contribution >= 0.6 is 0 Å². The van der Waals surface area contributed by atoms with Crippen molar-refractivity contribution in [2.75, 3.05) is 0 Å². The summed E-state index contributed by atoms with van der Waals surface area (Å²) >= 11 is 0. The lowest BCUT2D eigenvalue weighted by molar-refractivity contribution is -0.150. The van der Waals surface area contributed by atoms with Gasteiger partial charge in [-0.3, -0.25) is 4.79 Å². The van der Waals surface area contributed by atoms with Gasteiger partial charge in [0.25, 0.3) is 0 Å². The Morgan fingerprint density at radius 2 is 2.00 bits per heavy atom. The van der Waals surface area contributed by atoms with Gasteiger partial charge in [-0.05, 0) is 30.0 Å². The maximum atomic E-state index is 11.9. The SMILES string of the molecule is CC1CC=CCC1OC(=O)Cc1ccc(C#N)cc1. The summed E-state index contributed by atoms with van der Waals surface area (Å²) < 4.78 is 5.51. The van der Waals surface area contributed by atoms with Crippen LogP contribution in [-0.4, -0.2) is 12.1 Å². The highest BCUT2D eigenvalue weighted by molar-refractivity contribution is 5.72. The van der Waals surface area contributed by atoms with E-state index < -0.39 is 0 Å². The molecule has 0 N–H and O–H groups in total. The summed E-state index contributed by atoms with van der Waals surface area (Å²) in [6.07, 6.45) is 6.24. The molecule has 0 saturated heterocycles. The van der Waals surface area contributed by atoms with Crippen LogP contribution in [0.5, 0.6) is 0 Å². The largest absolute Gasteiger partial charge is 0.461 e. The minimum Gasteiger partial charge on any atom is -0.461 e. The number of carbonyl (C=O) groups excluding carboxylic acids is 1. The summed E-state index contributed by atoms with van der Waals surface area (Å²) in [6.45, 7) is 2.10. The fourth-order valence-corrected chi connectivity index (χ4v) is 2.16. The van der Waals surface area contributed by atoms with Gasteiger partial charge in [0.2, 0.25) is 0 Å². The van der Waals surface area contributed by atoms with Gasteiger partial charge in [-0.1, -0.05) is 31.2 Å². The molecule has 0 aliphatic heterocycles. The zero-order valence-electron chi connectivity index (χ0n) is 11.0. The van der Waals surface area contributed by atoms with Crippen LogP contribution in [0.4, 0.5) is 0 Å². The van der Waals surface area contributed by atoms with E-state index in [2.05, 4.69) is 25.1 Å². The molecule has 3 heteroatoms. The number of esters is 1. The van der Waals surface area contributed by atoms with E-state index in [9.17, 15) is 4.79 Å². The molecule has 0 fully saturated rings. The molecule has 0 radical (unpaired) electrons. The summed E-state index contributed by atoms with van der Waals surface area (Å²) in [5.41, 5.74) is 1.48. The summed E-state index contributed by atoms with van der Waals surface area (Å²) in [5.74, 6) is 0.187. The third-order valence-corrected chi connectivity index (χ3v) is 3.39. The zero-order valence-corrected chi connectivity index (χ0v) is 11.0. The highest BCUT2D eigenvalue weighted by atomic mass is 16.5. The lowest BCUT2D eigenvalue weighted by atomic mass is 9.93. The Morgan fingerprint density at radius 3 is 2.63 bits per heavy atom. The monoisotopic (exact) mass is 255 g/mol. The van der Waals surface area contributed by atoms with Crippen molar-refractivity contribution < 1.29 is 9.53 Å². The first-order valence-corrected chi connectivity index (χ1v) is 6.52. The molecule has 1 aromatic carbocycles. The molecule has 0 saturated carbocycles. The molecule has 0 aromatic heterocycles. The van der Waals surface area contributed by atoms with Crippen molar-refractivity contribution >= 4 is 5.97 Å². The number of ether oxygens (including phenoxy) is 1. The first kappa shape index (κ1) is 13.4. The van der Waals surface area contributed by atoms with Gasteiger partial charge in [-0.2, -0.15) is 5.26 Å². The van der Waals surface area contributed by atoms with Crippen molar-refractivity contribution in [2.24, 2.45) is 5.92 Å². The maximum absolute atomic E-state index is 11.9. The molecule has 98 valence electrons. The average Bonchev–Trinajstić information content (AvgIpc) is 2.42. The molecule has 3 nitrogen and oxygen atoms in total. The fraction of sp³-hybridized carbons (Fsp3) is 0.375. The molecule has 1 aliphatic carbocycles. The molecule has 0 heterocycles. The highest BCUT2D eigenvalue weighted by Crippen LogP contribution is 2.21. The van der Waals surface area contributed by atoms with Crippen LogP contribution in [0.25, 0.3) is 0 Å². The van der Waals surface area contributed by atoms with Crippen LogP contribution in [0.2, 0.25) is 0 Å². The smallest absolute Gasteiger partial charge is 0.310 e. The molecule has 2 atom stereocenters. The minimum absolute atomic E-state index is 0.00381. The number of allylic oxidation sites excluding steroid dienone is 1. The van der Waals surface area contributed by atoms with Crippen molar-refractivity contribution in [3.63, 3.8) is 0 Å². The van der Waals surface area contributed by atoms with Crippen molar-refractivity contribution in [1.82, 2.24) is 0 Å². The van der Waals surface area contributed by atoms with Crippen LogP contribution in [0, 0.1) is 17.2 Å². The zero-order chi connectivity index (χ0) is 13.7. The Kier molecular flexibility index (Phi) is 4.35. The van der Waals surface area contributed by atoms with Crippen LogP contribution in [0.1, 0.15) is 30.9 Å². The lowest BCUT2D eigenvalue weighted by Gasteiger charge is -2.25. The van der Waals surface area contributed by atoms with Gasteiger partial charge in [0.15, 0.2) is 0 Å².